The molecule has 1 heterocycles. The second kappa shape index (κ2) is 7.70. The minimum Gasteiger partial charge on any atom is -0.464 e. The van der Waals surface area contributed by atoms with Gasteiger partial charge in [-0.2, -0.15) is 0 Å². The van der Waals surface area contributed by atoms with Gasteiger partial charge in [-0.05, 0) is 12.3 Å². The van der Waals surface area contributed by atoms with Gasteiger partial charge in [-0.15, -0.1) is 11.3 Å². The molecule has 0 aliphatic carbocycles. The molecule has 6 nitrogen and oxygen atoms in total. The Bertz CT molecular complexity index is 537. The lowest BCUT2D eigenvalue weighted by atomic mass is 10.1. The molecule has 0 radical (unpaired) electrons. The van der Waals surface area contributed by atoms with E-state index in [0.717, 1.165) is 30.6 Å². The normalized spacial score (nSPS) is 11.8. The first-order valence-corrected chi connectivity index (χ1v) is 8.76. The van der Waals surface area contributed by atoms with Crippen LogP contribution in [0.5, 0.6) is 0 Å². The molecule has 0 aliphatic heterocycles. The van der Waals surface area contributed by atoms with Crippen molar-refractivity contribution in [3.05, 3.63) is 11.2 Å². The van der Waals surface area contributed by atoms with E-state index in [2.05, 4.69) is 28.3 Å². The fourth-order valence-corrected chi connectivity index (χ4v) is 3.86. The van der Waals surface area contributed by atoms with Crippen LogP contribution < -0.4 is 4.72 Å². The van der Waals surface area contributed by atoms with Crippen LogP contribution in [0.1, 0.15) is 43.6 Å². The maximum Gasteiger partial charge on any atom is 0.358 e. The number of sulfonamides is 1. The van der Waals surface area contributed by atoms with E-state index in [0.29, 0.717) is 12.5 Å². The molecule has 1 aromatic rings. The number of esters is 1. The molecule has 0 saturated carbocycles. The van der Waals surface area contributed by atoms with E-state index in [1.54, 1.807) is 0 Å². The van der Waals surface area contributed by atoms with Gasteiger partial charge in [-0.3, -0.25) is 0 Å². The van der Waals surface area contributed by atoms with Crippen molar-refractivity contribution in [2.75, 3.05) is 13.7 Å². The average Bonchev–Trinajstić information content (AvgIpc) is 2.87. The van der Waals surface area contributed by atoms with E-state index in [1.165, 1.54) is 12.6 Å². The highest BCUT2D eigenvalue weighted by molar-refractivity contribution is 7.91. The van der Waals surface area contributed by atoms with E-state index in [-0.39, 0.29) is 9.90 Å². The van der Waals surface area contributed by atoms with Crippen molar-refractivity contribution in [2.45, 2.75) is 37.3 Å². The van der Waals surface area contributed by atoms with E-state index in [4.69, 9.17) is 0 Å². The molecule has 1 N–H and O–H groups in total. The van der Waals surface area contributed by atoms with Gasteiger partial charge in [0.05, 0.1) is 12.6 Å². The second-order valence-corrected chi connectivity index (χ2v) is 7.58. The summed E-state index contributed by atoms with van der Waals surface area (Å²) in [6.45, 7) is 4.61. The number of methoxy groups -OCH3 is 1. The number of carbonyl (C=O) groups is 1. The van der Waals surface area contributed by atoms with Crippen LogP contribution in [0.3, 0.4) is 0 Å². The van der Waals surface area contributed by atoms with E-state index in [9.17, 15) is 13.2 Å². The molecular weight excluding hydrogens is 300 g/mol. The van der Waals surface area contributed by atoms with Gasteiger partial charge >= 0.3 is 5.97 Å². The summed E-state index contributed by atoms with van der Waals surface area (Å²) in [6, 6.07) is 0. The number of unbranched alkanes of at least 4 members (excludes halogenated alkanes) is 1. The van der Waals surface area contributed by atoms with Crippen molar-refractivity contribution < 1.29 is 17.9 Å². The number of aromatic nitrogens is 1. The van der Waals surface area contributed by atoms with Crippen LogP contribution in [0.2, 0.25) is 0 Å². The third kappa shape index (κ3) is 4.84. The standard InChI is InChI=1S/C12H20N2O4S2/c1-9(2)6-4-5-7-14-20(16,17)12-10(11(15)18-3)13-8-19-12/h8-9,14H,4-7H2,1-3H3. The zero-order valence-corrected chi connectivity index (χ0v) is 13.5. The molecule has 0 saturated heterocycles. The topological polar surface area (TPSA) is 85.4 Å². The van der Waals surface area contributed by atoms with Gasteiger partial charge in [0, 0.05) is 6.54 Å². The first-order valence-electron chi connectivity index (χ1n) is 6.40. The molecule has 1 rings (SSSR count). The fourth-order valence-electron chi connectivity index (χ4n) is 1.61. The largest absolute Gasteiger partial charge is 0.464 e. The summed E-state index contributed by atoms with van der Waals surface area (Å²) in [5, 5.41) is 0. The third-order valence-electron chi connectivity index (χ3n) is 2.66. The van der Waals surface area contributed by atoms with E-state index < -0.39 is 16.0 Å². The Labute approximate surface area is 123 Å². The minimum absolute atomic E-state index is 0.0896. The number of hydrogen-bond donors (Lipinski definition) is 1. The summed E-state index contributed by atoms with van der Waals surface area (Å²) in [4.78, 5) is 15.2. The number of thiazole rings is 1. The van der Waals surface area contributed by atoms with Crippen molar-refractivity contribution in [1.29, 1.82) is 0 Å². The van der Waals surface area contributed by atoms with Gasteiger partial charge in [0.15, 0.2) is 9.90 Å². The molecule has 0 bridgehead atoms. The fraction of sp³-hybridized carbons (Fsp3) is 0.667. The van der Waals surface area contributed by atoms with Gasteiger partial charge in [-0.25, -0.2) is 22.9 Å². The zero-order valence-electron chi connectivity index (χ0n) is 11.9. The summed E-state index contributed by atoms with van der Waals surface area (Å²) in [5.41, 5.74) is 1.16. The van der Waals surface area contributed by atoms with Gasteiger partial charge in [0.25, 0.3) is 10.0 Å². The number of ether oxygens (including phenoxy) is 1. The second-order valence-electron chi connectivity index (χ2n) is 4.77. The number of nitrogens with one attached hydrogen (secondary N) is 1. The maximum atomic E-state index is 12.1. The summed E-state index contributed by atoms with van der Waals surface area (Å²) in [5.74, 6) is -0.134. The van der Waals surface area contributed by atoms with Crippen molar-refractivity contribution in [3.8, 4) is 0 Å². The lowest BCUT2D eigenvalue weighted by Crippen LogP contribution is -2.25. The Morgan fingerprint density at radius 1 is 1.45 bits per heavy atom. The monoisotopic (exact) mass is 320 g/mol. The maximum absolute atomic E-state index is 12.1. The van der Waals surface area contributed by atoms with E-state index in [1.807, 2.05) is 0 Å². The van der Waals surface area contributed by atoms with Gasteiger partial charge in [0.1, 0.15) is 0 Å². The summed E-state index contributed by atoms with van der Waals surface area (Å²) < 4.78 is 31.1. The number of rotatable bonds is 8. The zero-order chi connectivity index (χ0) is 15.2. The predicted octanol–water partition coefficient (Wildman–Crippen LogP) is 2.03. The molecule has 0 fully saturated rings. The van der Waals surface area contributed by atoms with Crippen molar-refractivity contribution in [2.24, 2.45) is 5.92 Å². The summed E-state index contributed by atoms with van der Waals surface area (Å²) in [7, 11) is -2.51. The molecular formula is C12H20N2O4S2. The van der Waals surface area contributed by atoms with Crippen molar-refractivity contribution in [3.63, 3.8) is 0 Å². The number of carbonyl (C=O) groups excluding carboxylic acids is 1. The Hall–Kier alpha value is -0.990. The van der Waals surface area contributed by atoms with Gasteiger partial charge < -0.3 is 4.74 Å². The quantitative estimate of drug-likeness (QED) is 0.585. The molecule has 1 aromatic heterocycles. The van der Waals surface area contributed by atoms with Crippen molar-refractivity contribution in [1.82, 2.24) is 9.71 Å². The Balaban J connectivity index is 2.61. The molecule has 0 unspecified atom stereocenters. The molecule has 0 spiro atoms. The molecule has 0 atom stereocenters. The van der Waals surface area contributed by atoms with Crippen LogP contribution in [0.4, 0.5) is 0 Å². The Kier molecular flexibility index (Phi) is 6.57. The third-order valence-corrected chi connectivity index (χ3v) is 5.49. The summed E-state index contributed by atoms with van der Waals surface area (Å²) >= 11 is 0.906. The highest BCUT2D eigenvalue weighted by Gasteiger charge is 2.25. The highest BCUT2D eigenvalue weighted by Crippen LogP contribution is 2.20. The highest BCUT2D eigenvalue weighted by atomic mass is 32.2. The van der Waals surface area contributed by atoms with Crippen LogP contribution in [-0.2, 0) is 14.8 Å². The molecule has 0 amide bonds. The molecule has 0 aromatic carbocycles. The lowest BCUT2D eigenvalue weighted by molar-refractivity contribution is 0.0590. The molecule has 20 heavy (non-hydrogen) atoms. The average molecular weight is 320 g/mol. The Morgan fingerprint density at radius 2 is 2.15 bits per heavy atom. The molecule has 8 heteroatoms. The molecule has 114 valence electrons. The SMILES string of the molecule is COC(=O)c1ncsc1S(=O)(=O)NCCCCC(C)C. The molecule has 0 aliphatic rings. The van der Waals surface area contributed by atoms with Crippen LogP contribution in [-0.4, -0.2) is 33.0 Å². The lowest BCUT2D eigenvalue weighted by Gasteiger charge is -2.07. The number of hydrogen-bond acceptors (Lipinski definition) is 6. The smallest absolute Gasteiger partial charge is 0.358 e. The van der Waals surface area contributed by atoms with Crippen molar-refractivity contribution >= 4 is 27.3 Å². The number of nitrogens with zero attached hydrogens (tertiary/aromatic N) is 1. The summed E-state index contributed by atoms with van der Waals surface area (Å²) in [6.07, 6.45) is 2.80. The minimum atomic E-state index is -3.70. The first-order chi connectivity index (χ1) is 9.38. The van der Waals surface area contributed by atoms with Crippen LogP contribution in [0, 0.1) is 5.92 Å². The van der Waals surface area contributed by atoms with E-state index >= 15 is 0 Å². The van der Waals surface area contributed by atoms with Crippen LogP contribution >= 0.6 is 11.3 Å². The van der Waals surface area contributed by atoms with Crippen LogP contribution in [0.25, 0.3) is 0 Å². The predicted molar refractivity (Wildman–Crippen MR) is 77.3 cm³/mol. The van der Waals surface area contributed by atoms with Crippen LogP contribution in [0.15, 0.2) is 9.72 Å². The van der Waals surface area contributed by atoms with Gasteiger partial charge in [0.2, 0.25) is 0 Å². The Morgan fingerprint density at radius 3 is 2.75 bits per heavy atom. The van der Waals surface area contributed by atoms with Gasteiger partial charge in [-0.1, -0.05) is 26.7 Å². The first kappa shape index (κ1) is 17.1.